The number of likely N-dealkylation sites (N-methyl/N-ethyl adjacent to an activating group) is 2. The molecule has 0 aliphatic heterocycles. The lowest BCUT2D eigenvalue weighted by molar-refractivity contribution is -0.129. The van der Waals surface area contributed by atoms with Gasteiger partial charge in [0.1, 0.15) is 5.69 Å². The highest BCUT2D eigenvalue weighted by Crippen LogP contribution is 2.09. The van der Waals surface area contributed by atoms with Gasteiger partial charge in [0.15, 0.2) is 0 Å². The zero-order chi connectivity index (χ0) is 13.0. The Balaban J connectivity index is 2.73. The van der Waals surface area contributed by atoms with Gasteiger partial charge in [0.05, 0.1) is 6.54 Å². The minimum absolute atomic E-state index is 0.0139. The smallest absolute Gasteiger partial charge is 0.272 e. The minimum atomic E-state index is -0.331. The van der Waals surface area contributed by atoms with Crippen LogP contribution in [0.25, 0.3) is 0 Å². The van der Waals surface area contributed by atoms with Gasteiger partial charge in [0.25, 0.3) is 5.91 Å². The van der Waals surface area contributed by atoms with Gasteiger partial charge in [-0.25, -0.2) is 0 Å². The third-order valence-corrected chi connectivity index (χ3v) is 2.39. The van der Waals surface area contributed by atoms with E-state index >= 15 is 0 Å². The number of hydrogen-bond donors (Lipinski definition) is 0. The molecule has 0 aliphatic carbocycles. The van der Waals surface area contributed by atoms with Crippen molar-refractivity contribution in [2.75, 3.05) is 27.7 Å². The summed E-state index contributed by atoms with van der Waals surface area (Å²) in [6.45, 7) is 0.0139. The summed E-state index contributed by atoms with van der Waals surface area (Å²) < 4.78 is 0. The van der Waals surface area contributed by atoms with Crippen molar-refractivity contribution in [3.8, 4) is 0 Å². The molecule has 0 N–H and O–H groups in total. The molecule has 0 aromatic carbocycles. The molecule has 6 heteroatoms. The molecule has 0 atom stereocenters. The van der Waals surface area contributed by atoms with Crippen LogP contribution in [0, 0.1) is 0 Å². The van der Waals surface area contributed by atoms with E-state index in [2.05, 4.69) is 4.98 Å². The predicted molar refractivity (Wildman–Crippen MR) is 64.9 cm³/mol. The van der Waals surface area contributed by atoms with Crippen molar-refractivity contribution in [3.63, 3.8) is 0 Å². The van der Waals surface area contributed by atoms with Crippen molar-refractivity contribution in [1.29, 1.82) is 0 Å². The van der Waals surface area contributed by atoms with Gasteiger partial charge < -0.3 is 9.80 Å². The maximum absolute atomic E-state index is 11.9. The minimum Gasteiger partial charge on any atom is -0.347 e. The molecule has 0 saturated heterocycles. The number of pyridine rings is 1. The Kier molecular flexibility index (Phi) is 4.45. The zero-order valence-electron chi connectivity index (χ0n) is 9.98. The summed E-state index contributed by atoms with van der Waals surface area (Å²) in [6, 6.07) is 3.06. The molecule has 92 valence electrons. The number of carbonyl (C=O) groups is 2. The highest BCUT2D eigenvalue weighted by Gasteiger charge is 2.17. The number of amides is 2. The van der Waals surface area contributed by atoms with Crippen LogP contribution in [0.3, 0.4) is 0 Å². The Labute approximate surface area is 105 Å². The molecule has 0 spiro atoms. The van der Waals surface area contributed by atoms with Crippen molar-refractivity contribution >= 4 is 23.4 Å². The molecule has 5 nitrogen and oxygen atoms in total. The van der Waals surface area contributed by atoms with Crippen molar-refractivity contribution in [2.45, 2.75) is 0 Å². The van der Waals surface area contributed by atoms with Crippen molar-refractivity contribution in [2.24, 2.45) is 0 Å². The maximum Gasteiger partial charge on any atom is 0.272 e. The normalized spacial score (nSPS) is 9.88. The first-order chi connectivity index (χ1) is 7.91. The molecule has 0 fully saturated rings. The lowest BCUT2D eigenvalue weighted by Crippen LogP contribution is -2.38. The summed E-state index contributed by atoms with van der Waals surface area (Å²) in [5.74, 6) is -0.481. The van der Waals surface area contributed by atoms with E-state index in [1.54, 1.807) is 27.2 Å². The molecule has 0 unspecified atom stereocenters. The van der Waals surface area contributed by atoms with E-state index in [-0.39, 0.29) is 24.1 Å². The van der Waals surface area contributed by atoms with Crippen LogP contribution in [0.4, 0.5) is 0 Å². The van der Waals surface area contributed by atoms with Gasteiger partial charge in [0.2, 0.25) is 5.91 Å². The predicted octanol–water partition coefficient (Wildman–Crippen LogP) is 0.895. The van der Waals surface area contributed by atoms with Crippen LogP contribution in [0.2, 0.25) is 5.02 Å². The van der Waals surface area contributed by atoms with Crippen LogP contribution >= 0.6 is 11.6 Å². The number of hydrogen-bond acceptors (Lipinski definition) is 3. The monoisotopic (exact) mass is 255 g/mol. The molecular formula is C11H14ClN3O2. The summed E-state index contributed by atoms with van der Waals surface area (Å²) in [6.07, 6.45) is 1.46. The van der Waals surface area contributed by atoms with Gasteiger partial charge in [-0.1, -0.05) is 11.6 Å². The largest absolute Gasteiger partial charge is 0.347 e. The number of aromatic nitrogens is 1. The Morgan fingerprint density at radius 2 is 2.00 bits per heavy atom. The first-order valence-corrected chi connectivity index (χ1v) is 5.36. The average molecular weight is 256 g/mol. The molecule has 17 heavy (non-hydrogen) atoms. The third-order valence-electron chi connectivity index (χ3n) is 2.16. The van der Waals surface area contributed by atoms with E-state index in [9.17, 15) is 9.59 Å². The topological polar surface area (TPSA) is 53.5 Å². The van der Waals surface area contributed by atoms with Crippen LogP contribution in [-0.2, 0) is 4.79 Å². The van der Waals surface area contributed by atoms with Crippen molar-refractivity contribution in [3.05, 3.63) is 29.0 Å². The van der Waals surface area contributed by atoms with E-state index in [0.29, 0.717) is 5.02 Å². The number of halogens is 1. The molecule has 0 bridgehead atoms. The lowest BCUT2D eigenvalue weighted by Gasteiger charge is -2.18. The molecule has 1 heterocycles. The standard InChI is InChI=1S/C11H14ClN3O2/c1-14(2)10(16)7-15(3)11(17)9-6-8(12)4-5-13-9/h4-6H,7H2,1-3H3. The summed E-state index contributed by atoms with van der Waals surface area (Å²) in [5.41, 5.74) is 0.228. The quantitative estimate of drug-likeness (QED) is 0.806. The second kappa shape index (κ2) is 5.63. The second-order valence-electron chi connectivity index (χ2n) is 3.81. The fourth-order valence-corrected chi connectivity index (χ4v) is 1.29. The molecule has 0 aliphatic rings. The number of rotatable bonds is 3. The third kappa shape index (κ3) is 3.71. The lowest BCUT2D eigenvalue weighted by atomic mass is 10.3. The van der Waals surface area contributed by atoms with Crippen LogP contribution in [0.5, 0.6) is 0 Å². The Morgan fingerprint density at radius 1 is 1.35 bits per heavy atom. The highest BCUT2D eigenvalue weighted by molar-refractivity contribution is 6.30. The molecule has 0 saturated carbocycles. The van der Waals surface area contributed by atoms with Gasteiger partial charge in [-0.2, -0.15) is 0 Å². The van der Waals surface area contributed by atoms with Crippen LogP contribution in [0.15, 0.2) is 18.3 Å². The van der Waals surface area contributed by atoms with Gasteiger partial charge in [-0.15, -0.1) is 0 Å². The number of carbonyl (C=O) groups excluding carboxylic acids is 2. The van der Waals surface area contributed by atoms with E-state index < -0.39 is 0 Å². The van der Waals surface area contributed by atoms with E-state index in [1.165, 1.54) is 22.1 Å². The molecule has 0 radical (unpaired) electrons. The SMILES string of the molecule is CN(C)C(=O)CN(C)C(=O)c1cc(Cl)ccn1. The average Bonchev–Trinajstić information content (AvgIpc) is 2.27. The summed E-state index contributed by atoms with van der Waals surface area (Å²) in [7, 11) is 4.82. The first-order valence-electron chi connectivity index (χ1n) is 4.99. The molecule has 1 aromatic rings. The Bertz CT molecular complexity index is 434. The first kappa shape index (κ1) is 13.4. The second-order valence-corrected chi connectivity index (χ2v) is 4.25. The van der Waals surface area contributed by atoms with Crippen LogP contribution < -0.4 is 0 Å². The van der Waals surface area contributed by atoms with Gasteiger partial charge >= 0.3 is 0 Å². The summed E-state index contributed by atoms with van der Waals surface area (Å²) >= 11 is 5.76. The van der Waals surface area contributed by atoms with Gasteiger partial charge in [-0.3, -0.25) is 14.6 Å². The van der Waals surface area contributed by atoms with Crippen molar-refractivity contribution in [1.82, 2.24) is 14.8 Å². The van der Waals surface area contributed by atoms with Gasteiger partial charge in [-0.05, 0) is 12.1 Å². The van der Waals surface area contributed by atoms with E-state index in [1.807, 2.05) is 0 Å². The summed E-state index contributed by atoms with van der Waals surface area (Å²) in [5, 5.41) is 0.440. The maximum atomic E-state index is 11.9. The molecular weight excluding hydrogens is 242 g/mol. The van der Waals surface area contributed by atoms with Crippen LogP contribution in [0.1, 0.15) is 10.5 Å². The Hall–Kier alpha value is -1.62. The Morgan fingerprint density at radius 3 is 2.53 bits per heavy atom. The van der Waals surface area contributed by atoms with E-state index in [4.69, 9.17) is 11.6 Å². The van der Waals surface area contributed by atoms with Crippen LogP contribution in [-0.4, -0.2) is 54.3 Å². The van der Waals surface area contributed by atoms with E-state index in [0.717, 1.165) is 0 Å². The molecule has 1 aromatic heterocycles. The molecule has 2 amide bonds. The number of nitrogens with zero attached hydrogens (tertiary/aromatic N) is 3. The van der Waals surface area contributed by atoms with Gasteiger partial charge in [0, 0.05) is 32.4 Å². The fraction of sp³-hybridized carbons (Fsp3) is 0.364. The van der Waals surface area contributed by atoms with Crippen molar-refractivity contribution < 1.29 is 9.59 Å². The molecule has 1 rings (SSSR count). The summed E-state index contributed by atoms with van der Waals surface area (Å²) in [4.78, 5) is 30.0. The highest BCUT2D eigenvalue weighted by atomic mass is 35.5. The fourth-order valence-electron chi connectivity index (χ4n) is 1.13. The zero-order valence-corrected chi connectivity index (χ0v) is 10.7.